The van der Waals surface area contributed by atoms with Crippen molar-refractivity contribution < 1.29 is 19.5 Å². The van der Waals surface area contributed by atoms with Crippen molar-refractivity contribution in [2.24, 2.45) is 5.41 Å². The molecule has 0 spiro atoms. The zero-order valence-electron chi connectivity index (χ0n) is 41.1. The Labute approximate surface area is 414 Å². The van der Waals surface area contributed by atoms with Gasteiger partial charge in [-0.15, -0.1) is 16.4 Å². The van der Waals surface area contributed by atoms with Crippen LogP contribution >= 0.6 is 22.9 Å². The van der Waals surface area contributed by atoms with Crippen LogP contribution in [0.2, 0.25) is 5.02 Å². The fourth-order valence-corrected chi connectivity index (χ4v) is 10.2. The number of halogens is 1. The molecule has 6 aromatic rings. The SMILES string of the molecule is CC(n1cc(C2CC2)nn1)C(C)(C)C.CC1(C)c2ccc(C3CCN(C=O)CC3)cc2-n2c1nc(=O)c1c(Cl)cccc12.CCC(NC=O)c1ccc(-c2scnc2C)cc1.O=CN1CCC(O)C1. The predicted octanol–water partition coefficient (Wildman–Crippen LogP) is 9.30. The van der Waals surface area contributed by atoms with Crippen molar-refractivity contribution in [2.75, 3.05) is 26.2 Å². The Morgan fingerprint density at radius 2 is 1.64 bits per heavy atom. The second-order valence-corrected chi connectivity index (χ2v) is 21.4. The normalized spacial score (nSPS) is 18.0. The molecule has 10 rings (SSSR count). The Morgan fingerprint density at radius 3 is 2.20 bits per heavy atom. The van der Waals surface area contributed by atoms with Crippen molar-refractivity contribution in [3.8, 4) is 16.1 Å². The molecule has 16 heteroatoms. The second-order valence-electron chi connectivity index (χ2n) is 20.1. The van der Waals surface area contributed by atoms with E-state index < -0.39 is 0 Å². The number of piperidine rings is 1. The smallest absolute Gasteiger partial charge is 0.282 e. The number of fused-ring (bicyclic) bond motifs is 5. The number of hydrogen-bond acceptors (Lipinski definition) is 10. The molecule has 14 nitrogen and oxygen atoms in total. The minimum absolute atomic E-state index is 0.0964. The van der Waals surface area contributed by atoms with Crippen molar-refractivity contribution in [3.63, 3.8) is 0 Å². The fraction of sp³-hybridized carbons (Fsp3) is 0.472. The van der Waals surface area contributed by atoms with Crippen molar-refractivity contribution in [1.82, 2.24) is 44.6 Å². The van der Waals surface area contributed by atoms with Gasteiger partial charge in [0, 0.05) is 38.3 Å². The lowest BCUT2D eigenvalue weighted by Crippen LogP contribution is -2.31. The summed E-state index contributed by atoms with van der Waals surface area (Å²) in [5.74, 6) is 1.88. The van der Waals surface area contributed by atoms with Crippen LogP contribution in [0, 0.1) is 12.3 Å². The molecule has 0 bridgehead atoms. The molecular formula is C53H66ClN9O5S. The zero-order valence-corrected chi connectivity index (χ0v) is 42.6. The maximum atomic E-state index is 12.7. The monoisotopic (exact) mass is 975 g/mol. The molecule has 3 aliphatic heterocycles. The highest BCUT2D eigenvalue weighted by atomic mass is 35.5. The summed E-state index contributed by atoms with van der Waals surface area (Å²) in [5, 5.41) is 21.0. The summed E-state index contributed by atoms with van der Waals surface area (Å²) in [4.78, 5) is 57.6. The van der Waals surface area contributed by atoms with Crippen LogP contribution in [-0.4, -0.2) is 95.9 Å². The number of thiazole rings is 1. The van der Waals surface area contributed by atoms with E-state index in [9.17, 15) is 19.2 Å². The molecular weight excluding hydrogens is 910 g/mol. The Bertz CT molecular complexity index is 2790. The number of β-amino-alcohol motifs (C(OH)–C–C–N with tert-alkyl or cyclic N) is 1. The largest absolute Gasteiger partial charge is 0.391 e. The number of hydrogen-bond donors (Lipinski definition) is 2. The van der Waals surface area contributed by atoms with Crippen LogP contribution in [0.3, 0.4) is 0 Å². The number of aromatic nitrogens is 6. The van der Waals surface area contributed by atoms with E-state index in [1.165, 1.54) is 34.5 Å². The number of likely N-dealkylation sites (tertiary alicyclic amines) is 2. The van der Waals surface area contributed by atoms with Crippen LogP contribution in [0.1, 0.15) is 145 Å². The van der Waals surface area contributed by atoms with E-state index in [2.05, 4.69) is 127 Å². The molecule has 6 heterocycles. The van der Waals surface area contributed by atoms with Crippen LogP contribution in [0.15, 0.2) is 77.2 Å². The minimum atomic E-state index is -0.371. The molecule has 0 radical (unpaired) electrons. The number of aliphatic hydroxyl groups excluding tert-OH is 1. The van der Waals surface area contributed by atoms with Gasteiger partial charge in [-0.05, 0) is 118 Å². The number of benzene rings is 3. The number of carbonyl (C=O) groups excluding carboxylic acids is 3. The minimum Gasteiger partial charge on any atom is -0.391 e. The van der Waals surface area contributed by atoms with Gasteiger partial charge in [-0.25, -0.2) is 9.67 Å². The summed E-state index contributed by atoms with van der Waals surface area (Å²) in [7, 11) is 0. The summed E-state index contributed by atoms with van der Waals surface area (Å²) >= 11 is 8.01. The average molecular weight is 977 g/mol. The van der Waals surface area contributed by atoms with Crippen LogP contribution in [0.5, 0.6) is 0 Å². The predicted molar refractivity (Wildman–Crippen MR) is 273 cm³/mol. The number of aryl methyl sites for hydroxylation is 1. The van der Waals surface area contributed by atoms with E-state index in [-0.39, 0.29) is 28.5 Å². The molecule has 2 saturated heterocycles. The maximum absolute atomic E-state index is 12.7. The number of carbonyl (C=O) groups is 3. The van der Waals surface area contributed by atoms with Gasteiger partial charge in [0.05, 0.1) is 67.0 Å². The van der Waals surface area contributed by atoms with E-state index in [1.54, 1.807) is 22.3 Å². The van der Waals surface area contributed by atoms with Gasteiger partial charge in [-0.3, -0.25) is 23.7 Å². The van der Waals surface area contributed by atoms with Gasteiger partial charge in [0.1, 0.15) is 5.82 Å². The van der Waals surface area contributed by atoms with E-state index in [4.69, 9.17) is 16.7 Å². The Balaban J connectivity index is 0.000000150. The Hall–Kier alpha value is -5.77. The van der Waals surface area contributed by atoms with Crippen LogP contribution in [0.4, 0.5) is 0 Å². The summed E-state index contributed by atoms with van der Waals surface area (Å²) in [5.41, 5.74) is 10.3. The van der Waals surface area contributed by atoms with Crippen LogP contribution < -0.4 is 10.9 Å². The van der Waals surface area contributed by atoms with Gasteiger partial charge in [0.25, 0.3) is 5.56 Å². The molecule has 3 unspecified atom stereocenters. The van der Waals surface area contributed by atoms with Gasteiger partial charge in [0.15, 0.2) is 0 Å². The first-order valence-electron chi connectivity index (χ1n) is 24.0. The van der Waals surface area contributed by atoms with E-state index in [0.29, 0.717) is 41.4 Å². The third kappa shape index (κ3) is 11.6. The molecule has 3 aromatic carbocycles. The number of amides is 3. The van der Waals surface area contributed by atoms with Gasteiger partial charge in [-0.1, -0.05) is 87.0 Å². The lowest BCUT2D eigenvalue weighted by molar-refractivity contribution is -0.119. The third-order valence-electron chi connectivity index (χ3n) is 14.0. The molecule has 4 aliphatic rings. The second kappa shape index (κ2) is 21.9. The zero-order chi connectivity index (χ0) is 49.6. The molecule has 3 fully saturated rings. The number of nitrogens with one attached hydrogen (secondary N) is 1. The highest BCUT2D eigenvalue weighted by molar-refractivity contribution is 7.13. The summed E-state index contributed by atoms with van der Waals surface area (Å²) < 4.78 is 4.11. The third-order valence-corrected chi connectivity index (χ3v) is 15.3. The Kier molecular flexibility index (Phi) is 16.2. The lowest BCUT2D eigenvalue weighted by Gasteiger charge is -2.29. The van der Waals surface area contributed by atoms with Gasteiger partial charge >= 0.3 is 0 Å². The topological polar surface area (TPSA) is 168 Å². The molecule has 3 aromatic heterocycles. The first-order valence-corrected chi connectivity index (χ1v) is 25.3. The molecule has 3 amide bonds. The highest BCUT2D eigenvalue weighted by Gasteiger charge is 2.39. The average Bonchev–Trinajstić information content (AvgIpc) is 3.59. The number of aliphatic hydroxyl groups is 1. The molecule has 1 aliphatic carbocycles. The van der Waals surface area contributed by atoms with Crippen molar-refractivity contribution >= 4 is 53.1 Å². The van der Waals surface area contributed by atoms with Gasteiger partial charge in [-0.2, -0.15) is 4.98 Å². The number of rotatable bonds is 10. The first kappa shape index (κ1) is 51.1. The molecule has 69 heavy (non-hydrogen) atoms. The van der Waals surface area contributed by atoms with Crippen molar-refractivity contribution in [2.45, 2.75) is 129 Å². The summed E-state index contributed by atoms with van der Waals surface area (Å²) in [6, 6.07) is 21.0. The standard InChI is InChI=1S/C23H22ClN3O2.C14H16N2OS.C11H19N3.C5H9NO2/c1-23(2)16-7-6-15(14-8-10-26(13-28)11-9-14)12-19(16)27-18-5-3-4-17(24)20(18)21(29)25-22(23)27;1-3-13(15-8-17)11-4-6-12(7-5-11)14-10(2)16-9-18-14;1-8(11(2,3)4)14-7-10(12-13-14)9-5-6-9;7-4-6-2-1-5(8)3-6/h3-7,12-14H,8-11H2,1-2H3;4-9,13H,3H2,1-2H3,(H,15,17);7-9H,5-6H2,1-4H3;4-5,8H,1-3H2. The fourth-order valence-electron chi connectivity index (χ4n) is 9.15. The highest BCUT2D eigenvalue weighted by Crippen LogP contribution is 2.45. The molecule has 366 valence electrons. The molecule has 1 saturated carbocycles. The number of nitrogens with zero attached hydrogens (tertiary/aromatic N) is 8. The van der Waals surface area contributed by atoms with Gasteiger partial charge in [0.2, 0.25) is 19.2 Å². The van der Waals surface area contributed by atoms with Crippen LogP contribution in [-0.2, 0) is 19.8 Å². The van der Waals surface area contributed by atoms with E-state index >= 15 is 0 Å². The summed E-state index contributed by atoms with van der Waals surface area (Å²) in [6.45, 7) is 20.0. The van der Waals surface area contributed by atoms with E-state index in [0.717, 1.165) is 91.9 Å². The molecule has 3 atom stereocenters. The van der Waals surface area contributed by atoms with E-state index in [1.807, 2.05) is 34.1 Å². The first-order chi connectivity index (χ1) is 33.0. The van der Waals surface area contributed by atoms with Crippen molar-refractivity contribution in [3.05, 3.63) is 122 Å². The van der Waals surface area contributed by atoms with Gasteiger partial charge < -0.3 is 20.2 Å². The molecule has 2 N–H and O–H groups in total. The van der Waals surface area contributed by atoms with Crippen LogP contribution in [0.25, 0.3) is 27.0 Å². The maximum Gasteiger partial charge on any atom is 0.282 e. The lowest BCUT2D eigenvalue weighted by atomic mass is 9.83. The Morgan fingerprint density at radius 1 is 0.942 bits per heavy atom. The summed E-state index contributed by atoms with van der Waals surface area (Å²) in [6.07, 6.45) is 10.4. The quantitative estimate of drug-likeness (QED) is 0.127. The van der Waals surface area contributed by atoms with Crippen molar-refractivity contribution in [1.29, 1.82) is 0 Å².